The minimum atomic E-state index is -0.454. The average molecular weight is 188 g/mol. The Morgan fingerprint density at radius 2 is 2.38 bits per heavy atom. The van der Waals surface area contributed by atoms with Gasteiger partial charge >= 0.3 is 6.09 Å². The van der Waals surface area contributed by atoms with Crippen LogP contribution in [0.4, 0.5) is 4.79 Å². The highest BCUT2D eigenvalue weighted by Crippen LogP contribution is 2.22. The van der Waals surface area contributed by atoms with E-state index in [4.69, 9.17) is 10.5 Å². The third-order valence-corrected chi connectivity index (χ3v) is 2.22. The number of carbonyl (C=O) groups excluding carboxylic acids is 1. The molecule has 3 unspecified atom stereocenters. The van der Waals surface area contributed by atoms with E-state index in [1.54, 1.807) is 0 Å². The molecule has 1 aliphatic carbocycles. The highest BCUT2D eigenvalue weighted by Gasteiger charge is 2.40. The molecule has 76 valence electrons. The molecule has 5 nitrogen and oxygen atoms in total. The lowest BCUT2D eigenvalue weighted by Crippen LogP contribution is -2.64. The minimum absolute atomic E-state index is 0.0179. The van der Waals surface area contributed by atoms with Crippen LogP contribution in [0.25, 0.3) is 0 Å². The largest absolute Gasteiger partial charge is 0.453 e. The lowest BCUT2D eigenvalue weighted by Gasteiger charge is -2.41. The van der Waals surface area contributed by atoms with Gasteiger partial charge in [0.2, 0.25) is 0 Å². The van der Waals surface area contributed by atoms with E-state index >= 15 is 0 Å². The molecule has 1 rings (SSSR count). The maximum absolute atomic E-state index is 10.9. The van der Waals surface area contributed by atoms with Crippen LogP contribution in [0.5, 0.6) is 0 Å². The number of nitrogens with two attached hydrogens (primary N) is 1. The fourth-order valence-electron chi connectivity index (χ4n) is 1.42. The van der Waals surface area contributed by atoms with Crippen LogP contribution < -0.4 is 11.1 Å². The van der Waals surface area contributed by atoms with Crippen molar-refractivity contribution in [3.63, 3.8) is 0 Å². The zero-order chi connectivity index (χ0) is 9.84. The van der Waals surface area contributed by atoms with E-state index in [9.17, 15) is 4.79 Å². The third-order valence-electron chi connectivity index (χ3n) is 2.22. The first-order valence-electron chi connectivity index (χ1n) is 4.40. The molecule has 1 fully saturated rings. The van der Waals surface area contributed by atoms with Gasteiger partial charge in [0.1, 0.15) is 0 Å². The monoisotopic (exact) mass is 188 g/mol. The second-order valence-electron chi connectivity index (χ2n) is 3.06. The van der Waals surface area contributed by atoms with Gasteiger partial charge < -0.3 is 20.5 Å². The van der Waals surface area contributed by atoms with Crippen LogP contribution in [0.3, 0.4) is 0 Å². The van der Waals surface area contributed by atoms with Crippen molar-refractivity contribution < 1.29 is 14.3 Å². The summed E-state index contributed by atoms with van der Waals surface area (Å²) < 4.78 is 9.83. The number of ether oxygens (including phenoxy) is 2. The first-order valence-corrected chi connectivity index (χ1v) is 4.40. The average Bonchev–Trinajstić information content (AvgIpc) is 2.13. The van der Waals surface area contributed by atoms with Crippen molar-refractivity contribution in [1.29, 1.82) is 0 Å². The molecule has 0 aliphatic heterocycles. The molecule has 0 heterocycles. The highest BCUT2D eigenvalue weighted by molar-refractivity contribution is 5.67. The summed E-state index contributed by atoms with van der Waals surface area (Å²) in [5.74, 6) is 0. The van der Waals surface area contributed by atoms with Crippen LogP contribution in [0.1, 0.15) is 13.3 Å². The molecule has 5 heteroatoms. The Labute approximate surface area is 77.6 Å². The standard InChI is InChI=1S/C8H16N2O3/c1-3-13-6-4-5(9)7(6)10-8(11)12-2/h5-7H,3-4,9H2,1-2H3,(H,10,11). The SMILES string of the molecule is CCOC1CC(N)C1NC(=O)OC. The summed E-state index contributed by atoms with van der Waals surface area (Å²) in [4.78, 5) is 10.9. The Balaban J connectivity index is 2.33. The molecule has 0 aromatic carbocycles. The van der Waals surface area contributed by atoms with Gasteiger partial charge in [0.25, 0.3) is 0 Å². The van der Waals surface area contributed by atoms with Crippen LogP contribution in [0.2, 0.25) is 0 Å². The fourth-order valence-corrected chi connectivity index (χ4v) is 1.42. The van der Waals surface area contributed by atoms with Gasteiger partial charge in [0, 0.05) is 12.6 Å². The molecule has 1 aliphatic rings. The summed E-state index contributed by atoms with van der Waals surface area (Å²) in [5, 5.41) is 2.64. The molecule has 1 amide bonds. The van der Waals surface area contributed by atoms with Gasteiger partial charge in [-0.15, -0.1) is 0 Å². The van der Waals surface area contributed by atoms with Crippen LogP contribution in [0, 0.1) is 0 Å². The Bertz CT molecular complexity index is 184. The predicted octanol–water partition coefficient (Wildman–Crippen LogP) is -0.153. The van der Waals surface area contributed by atoms with Crippen molar-refractivity contribution in [2.75, 3.05) is 13.7 Å². The van der Waals surface area contributed by atoms with Crippen molar-refractivity contribution in [2.24, 2.45) is 5.73 Å². The lowest BCUT2D eigenvalue weighted by atomic mass is 9.83. The number of alkyl carbamates (subject to hydrolysis) is 1. The maximum Gasteiger partial charge on any atom is 0.407 e. The number of hydrogen-bond acceptors (Lipinski definition) is 4. The minimum Gasteiger partial charge on any atom is -0.453 e. The van der Waals surface area contributed by atoms with Gasteiger partial charge in [-0.25, -0.2) is 4.79 Å². The molecule has 13 heavy (non-hydrogen) atoms. The van der Waals surface area contributed by atoms with Crippen LogP contribution in [0.15, 0.2) is 0 Å². The second kappa shape index (κ2) is 4.43. The smallest absolute Gasteiger partial charge is 0.407 e. The van der Waals surface area contributed by atoms with Gasteiger partial charge in [-0.05, 0) is 13.3 Å². The van der Waals surface area contributed by atoms with E-state index < -0.39 is 6.09 Å². The topological polar surface area (TPSA) is 73.6 Å². The molecular formula is C8H16N2O3. The first-order chi connectivity index (χ1) is 6.19. The summed E-state index contributed by atoms with van der Waals surface area (Å²) >= 11 is 0. The molecule has 1 saturated carbocycles. The van der Waals surface area contributed by atoms with Gasteiger partial charge in [0.15, 0.2) is 0 Å². The van der Waals surface area contributed by atoms with E-state index in [0.29, 0.717) is 6.61 Å². The normalized spacial score (nSPS) is 32.1. The van der Waals surface area contributed by atoms with Gasteiger partial charge in [-0.3, -0.25) is 0 Å². The van der Waals surface area contributed by atoms with Crippen molar-refractivity contribution in [1.82, 2.24) is 5.32 Å². The number of carbonyl (C=O) groups is 1. The molecule has 0 bridgehead atoms. The van der Waals surface area contributed by atoms with Gasteiger partial charge in [-0.2, -0.15) is 0 Å². The quantitative estimate of drug-likeness (QED) is 0.645. The number of rotatable bonds is 3. The van der Waals surface area contributed by atoms with E-state index in [-0.39, 0.29) is 18.2 Å². The predicted molar refractivity (Wildman–Crippen MR) is 47.3 cm³/mol. The van der Waals surface area contributed by atoms with Crippen LogP contribution in [-0.2, 0) is 9.47 Å². The van der Waals surface area contributed by atoms with E-state index in [1.165, 1.54) is 7.11 Å². The van der Waals surface area contributed by atoms with Crippen molar-refractivity contribution in [3.05, 3.63) is 0 Å². The first kappa shape index (κ1) is 10.3. The summed E-state index contributed by atoms with van der Waals surface area (Å²) in [7, 11) is 1.33. The number of methoxy groups -OCH3 is 1. The summed E-state index contributed by atoms with van der Waals surface area (Å²) in [6, 6.07) is -0.122. The van der Waals surface area contributed by atoms with Gasteiger partial charge in [-0.1, -0.05) is 0 Å². The lowest BCUT2D eigenvalue weighted by molar-refractivity contribution is -0.0309. The van der Waals surface area contributed by atoms with E-state index in [0.717, 1.165) is 6.42 Å². The molecule has 0 radical (unpaired) electrons. The second-order valence-corrected chi connectivity index (χ2v) is 3.06. The maximum atomic E-state index is 10.9. The Hall–Kier alpha value is -0.810. The Kier molecular flexibility index (Phi) is 3.50. The van der Waals surface area contributed by atoms with Gasteiger partial charge in [0.05, 0.1) is 19.3 Å². The van der Waals surface area contributed by atoms with Crippen molar-refractivity contribution >= 4 is 6.09 Å². The zero-order valence-electron chi connectivity index (χ0n) is 7.95. The van der Waals surface area contributed by atoms with E-state index in [2.05, 4.69) is 10.1 Å². The van der Waals surface area contributed by atoms with Crippen LogP contribution in [-0.4, -0.2) is 38.0 Å². The molecule has 0 aromatic heterocycles. The summed E-state index contributed by atoms with van der Waals surface area (Å²) in [5.41, 5.74) is 5.70. The number of nitrogens with one attached hydrogen (secondary N) is 1. The van der Waals surface area contributed by atoms with Crippen molar-refractivity contribution in [3.8, 4) is 0 Å². The van der Waals surface area contributed by atoms with E-state index in [1.807, 2.05) is 6.92 Å². The summed E-state index contributed by atoms with van der Waals surface area (Å²) in [6.07, 6.45) is 0.381. The third kappa shape index (κ3) is 2.32. The van der Waals surface area contributed by atoms with Crippen LogP contribution >= 0.6 is 0 Å². The highest BCUT2D eigenvalue weighted by atomic mass is 16.5. The molecule has 0 spiro atoms. The molecule has 3 N–H and O–H groups in total. The van der Waals surface area contributed by atoms with Crippen molar-refractivity contribution in [2.45, 2.75) is 31.5 Å². The fraction of sp³-hybridized carbons (Fsp3) is 0.875. The number of amides is 1. The molecular weight excluding hydrogens is 172 g/mol. The number of hydrogen-bond donors (Lipinski definition) is 2. The molecule has 0 saturated heterocycles. The Morgan fingerprint density at radius 1 is 1.69 bits per heavy atom. The zero-order valence-corrected chi connectivity index (χ0v) is 7.95. The summed E-state index contributed by atoms with van der Waals surface area (Å²) in [6.45, 7) is 2.55. The Morgan fingerprint density at radius 3 is 2.85 bits per heavy atom. The molecule has 3 atom stereocenters. The molecule has 0 aromatic rings.